The van der Waals surface area contributed by atoms with Gasteiger partial charge in [0.05, 0.1) is 13.2 Å². The fourth-order valence-electron chi connectivity index (χ4n) is 3.70. The lowest BCUT2D eigenvalue weighted by atomic mass is 9.85. The van der Waals surface area contributed by atoms with Crippen molar-refractivity contribution in [2.75, 3.05) is 13.2 Å². The van der Waals surface area contributed by atoms with Gasteiger partial charge in [-0.1, -0.05) is 0 Å². The Morgan fingerprint density at radius 2 is 0.600 bits per heavy atom. The number of hydrogen-bond donors (Lipinski definition) is 14. The first-order valence-corrected chi connectivity index (χ1v) is 10.6. The minimum Gasteiger partial charge on any atom is -0.394 e. The fraction of sp³-hybridized carbons (Fsp3) is 1.00. The molecule has 3 fully saturated rings. The second-order valence-electron chi connectivity index (χ2n) is 8.47. The van der Waals surface area contributed by atoms with E-state index in [1.54, 1.807) is 0 Å². The summed E-state index contributed by atoms with van der Waals surface area (Å²) in [6.45, 7) is -1.33. The van der Waals surface area contributed by atoms with Crippen molar-refractivity contribution >= 4 is 0 Å². The van der Waals surface area contributed by atoms with Crippen LogP contribution < -0.4 is 0 Å². The zero-order valence-corrected chi connectivity index (χ0v) is 18.1. The van der Waals surface area contributed by atoms with Gasteiger partial charge in [0.2, 0.25) is 0 Å². The van der Waals surface area contributed by atoms with Crippen LogP contribution in [0.1, 0.15) is 0 Å². The third-order valence-electron chi connectivity index (χ3n) is 6.06. The van der Waals surface area contributed by atoms with Crippen LogP contribution in [-0.4, -0.2) is 183 Å². The molecule has 17 nitrogen and oxygen atoms in total. The zero-order chi connectivity index (χ0) is 26.8. The summed E-state index contributed by atoms with van der Waals surface area (Å²) in [5.74, 6) is 0. The summed E-state index contributed by atoms with van der Waals surface area (Å²) in [5.41, 5.74) is 0. The third-order valence-corrected chi connectivity index (χ3v) is 6.06. The van der Waals surface area contributed by atoms with E-state index in [-0.39, 0.29) is 0 Å². The smallest absolute Gasteiger partial charge is 0.189 e. The van der Waals surface area contributed by atoms with Crippen molar-refractivity contribution in [3.63, 3.8) is 0 Å². The Morgan fingerprint density at radius 3 is 0.829 bits per heavy atom. The Morgan fingerprint density at radius 1 is 0.371 bits per heavy atom. The Labute approximate surface area is 197 Å². The van der Waals surface area contributed by atoms with Crippen LogP contribution in [0.3, 0.4) is 0 Å². The van der Waals surface area contributed by atoms with Gasteiger partial charge in [0, 0.05) is 0 Å². The maximum atomic E-state index is 9.84. The molecule has 3 rings (SSSR count). The molecule has 3 aliphatic rings. The van der Waals surface area contributed by atoms with Gasteiger partial charge in [-0.15, -0.1) is 0 Å². The highest BCUT2D eigenvalue weighted by molar-refractivity contribution is 4.98. The Kier molecular flexibility index (Phi) is 11.1. The second-order valence-corrected chi connectivity index (χ2v) is 8.47. The van der Waals surface area contributed by atoms with Gasteiger partial charge in [0.15, 0.2) is 12.6 Å². The molecule has 0 unspecified atom stereocenters. The van der Waals surface area contributed by atoms with Crippen LogP contribution in [0.15, 0.2) is 0 Å². The van der Waals surface area contributed by atoms with E-state index in [0.29, 0.717) is 0 Å². The molecule has 2 heterocycles. The average molecular weight is 522 g/mol. The lowest BCUT2D eigenvalue weighted by Crippen LogP contribution is -2.63. The number of hydrogen-bond acceptors (Lipinski definition) is 17. The molecule has 2 saturated heterocycles. The van der Waals surface area contributed by atoms with Gasteiger partial charge in [-0.05, 0) is 0 Å². The van der Waals surface area contributed by atoms with Crippen LogP contribution in [0.5, 0.6) is 0 Å². The Hall–Kier alpha value is -0.680. The molecule has 0 amide bonds. The first kappa shape index (κ1) is 30.5. The predicted octanol–water partition coefficient (Wildman–Crippen LogP) is -9.23. The van der Waals surface area contributed by atoms with Crippen LogP contribution >= 0.6 is 0 Å². The zero-order valence-electron chi connectivity index (χ0n) is 18.1. The maximum Gasteiger partial charge on any atom is 0.189 e. The third kappa shape index (κ3) is 6.43. The lowest BCUT2D eigenvalue weighted by Gasteiger charge is -2.44. The quantitative estimate of drug-likeness (QED) is 0.163. The molecule has 0 radical (unpaired) electrons. The summed E-state index contributed by atoms with van der Waals surface area (Å²) in [6, 6.07) is 0. The molecule has 208 valence electrons. The van der Waals surface area contributed by atoms with Gasteiger partial charge in [-0.2, -0.15) is 0 Å². The number of rotatable bonds is 4. The molecule has 0 aromatic heterocycles. The summed E-state index contributed by atoms with van der Waals surface area (Å²) in [4.78, 5) is 0. The van der Waals surface area contributed by atoms with Gasteiger partial charge in [0.25, 0.3) is 0 Å². The Bertz CT molecular complexity index is 546. The van der Waals surface area contributed by atoms with Crippen molar-refractivity contribution in [1.29, 1.82) is 0 Å². The predicted molar refractivity (Wildman–Crippen MR) is 105 cm³/mol. The summed E-state index contributed by atoms with van der Waals surface area (Å²) in [5, 5.41) is 130. The van der Waals surface area contributed by atoms with Crippen molar-refractivity contribution in [1.82, 2.24) is 0 Å². The van der Waals surface area contributed by atoms with E-state index in [1.807, 2.05) is 0 Å². The fourth-order valence-corrected chi connectivity index (χ4v) is 3.70. The van der Waals surface area contributed by atoms with Gasteiger partial charge in [0.1, 0.15) is 85.5 Å². The number of aliphatic hydroxyl groups is 14. The normalized spacial score (nSPS) is 53.0. The molecule has 0 aromatic carbocycles. The standard InChI is InChI=1S/C12H22O11.C6H12O6/c13-1-3-5(15)7(17)9(19)11(21-3)23-12-10(20)8(18)6(16)4(2-14)22-12;7-1-2(8)4(10)6(12)5(11)3(1)9/h3-20H,1-2H2;1-12H/t3-,4-,5-,6-,7+,8+,9-,10-,11-,12-;1-,2-,3-,4+,5-,6-/m1./s1. The van der Waals surface area contributed by atoms with E-state index < -0.39 is 111 Å². The highest BCUT2D eigenvalue weighted by Crippen LogP contribution is 2.28. The topological polar surface area (TPSA) is 311 Å². The number of aliphatic hydroxyl groups excluding tert-OH is 14. The summed E-state index contributed by atoms with van der Waals surface area (Å²) < 4.78 is 15.3. The molecule has 17 heteroatoms. The molecular formula is C18H34O17. The molecular weight excluding hydrogens is 488 g/mol. The van der Waals surface area contributed by atoms with Crippen LogP contribution in [-0.2, 0) is 14.2 Å². The molecule has 2 aliphatic heterocycles. The Balaban J connectivity index is 0.000000303. The van der Waals surface area contributed by atoms with E-state index in [1.165, 1.54) is 0 Å². The lowest BCUT2D eigenvalue weighted by molar-refractivity contribution is -0.376. The van der Waals surface area contributed by atoms with Crippen LogP contribution in [0.4, 0.5) is 0 Å². The summed E-state index contributed by atoms with van der Waals surface area (Å²) in [7, 11) is 0. The summed E-state index contributed by atoms with van der Waals surface area (Å²) >= 11 is 0. The van der Waals surface area contributed by atoms with E-state index in [0.717, 1.165) is 0 Å². The van der Waals surface area contributed by atoms with Crippen LogP contribution in [0.25, 0.3) is 0 Å². The first-order valence-electron chi connectivity index (χ1n) is 10.6. The van der Waals surface area contributed by atoms with E-state index >= 15 is 0 Å². The SMILES string of the molecule is OC[C@H]1O[C@H](O[C@H]2O[C@H](CO)[C@@H](O)[C@H](O)[C@H]2O)[C@H](O)[C@@H](O)[C@@H]1O.O[C@H]1[C@H](O)[C@@H](O)[C@H](O)[C@@H](O)[C@H]1O. The molecule has 1 saturated carbocycles. The van der Waals surface area contributed by atoms with Crippen molar-refractivity contribution in [2.45, 2.75) is 98.0 Å². The van der Waals surface area contributed by atoms with Crippen LogP contribution in [0, 0.1) is 0 Å². The van der Waals surface area contributed by atoms with E-state index in [2.05, 4.69) is 0 Å². The average Bonchev–Trinajstić information content (AvgIpc) is 2.85. The van der Waals surface area contributed by atoms with Crippen molar-refractivity contribution in [2.24, 2.45) is 0 Å². The minimum absolute atomic E-state index is 0.667. The van der Waals surface area contributed by atoms with E-state index in [9.17, 15) is 30.6 Å². The van der Waals surface area contributed by atoms with Crippen molar-refractivity contribution < 1.29 is 85.7 Å². The monoisotopic (exact) mass is 522 g/mol. The van der Waals surface area contributed by atoms with Gasteiger partial charge in [-0.3, -0.25) is 0 Å². The highest BCUT2D eigenvalue weighted by Gasteiger charge is 2.50. The van der Waals surface area contributed by atoms with Gasteiger partial charge < -0.3 is 85.7 Å². The first-order chi connectivity index (χ1) is 16.3. The second kappa shape index (κ2) is 12.7. The molecule has 0 bridgehead atoms. The molecule has 1 aliphatic carbocycles. The van der Waals surface area contributed by atoms with Crippen LogP contribution in [0.2, 0.25) is 0 Å². The highest BCUT2D eigenvalue weighted by atomic mass is 16.8. The maximum absolute atomic E-state index is 9.84. The summed E-state index contributed by atoms with van der Waals surface area (Å²) in [6.07, 6.45) is -25.4. The van der Waals surface area contributed by atoms with Gasteiger partial charge >= 0.3 is 0 Å². The van der Waals surface area contributed by atoms with Crippen molar-refractivity contribution in [3.05, 3.63) is 0 Å². The molecule has 14 N–H and O–H groups in total. The molecule has 0 aromatic rings. The number of ether oxygens (including phenoxy) is 3. The van der Waals surface area contributed by atoms with Crippen molar-refractivity contribution in [3.8, 4) is 0 Å². The molecule has 35 heavy (non-hydrogen) atoms. The largest absolute Gasteiger partial charge is 0.394 e. The minimum atomic E-state index is -1.72. The molecule has 10 atom stereocenters. The van der Waals surface area contributed by atoms with E-state index in [4.69, 9.17) is 55.1 Å². The van der Waals surface area contributed by atoms with Gasteiger partial charge in [-0.25, -0.2) is 0 Å². The molecule has 0 spiro atoms.